The fraction of sp³-hybridized carbons (Fsp3) is 0.263. The summed E-state index contributed by atoms with van der Waals surface area (Å²) in [5, 5.41) is 12.6. The van der Waals surface area contributed by atoms with Crippen LogP contribution in [0.15, 0.2) is 36.4 Å². The van der Waals surface area contributed by atoms with Gasteiger partial charge in [0.2, 0.25) is 0 Å². The predicted molar refractivity (Wildman–Crippen MR) is 125 cm³/mol. The van der Waals surface area contributed by atoms with Gasteiger partial charge in [0.1, 0.15) is 11.1 Å². The van der Waals surface area contributed by atoms with E-state index in [1.165, 1.54) is 34.4 Å². The van der Waals surface area contributed by atoms with E-state index in [1.54, 1.807) is 6.07 Å². The Morgan fingerprint density at radius 1 is 1.20 bits per heavy atom. The summed E-state index contributed by atoms with van der Waals surface area (Å²) in [5.41, 5.74) is 0.231. The van der Waals surface area contributed by atoms with Gasteiger partial charge in [-0.1, -0.05) is 40.6 Å². The third kappa shape index (κ3) is 5.39. The molecule has 0 bridgehead atoms. The first-order chi connectivity index (χ1) is 13.8. The van der Waals surface area contributed by atoms with E-state index in [1.807, 2.05) is 31.1 Å². The third-order valence-corrected chi connectivity index (χ3v) is 5.79. The molecule has 1 heterocycles. The number of halogens is 3. The largest absolute Gasteiger partial charge is 0.309 e. The predicted octanol–water partition coefficient (Wildman–Crippen LogP) is 5.53. The number of fused-ring (bicyclic) bond motifs is 1. The molecule has 0 fully saturated rings. The average Bonchev–Trinajstić information content (AvgIpc) is 3.09. The average molecular weight is 490 g/mol. The van der Waals surface area contributed by atoms with Crippen LogP contribution in [0.5, 0.6) is 0 Å². The van der Waals surface area contributed by atoms with Crippen LogP contribution in [0.1, 0.15) is 16.8 Å². The lowest BCUT2D eigenvalue weighted by Crippen LogP contribution is -2.33. The first-order valence-corrected chi connectivity index (χ1v) is 10.3. The van der Waals surface area contributed by atoms with Crippen molar-refractivity contribution in [1.29, 1.82) is 0 Å². The number of thiazole rings is 1. The highest BCUT2D eigenvalue weighted by atomic mass is 35.5. The van der Waals surface area contributed by atoms with Crippen molar-refractivity contribution >= 4 is 73.9 Å². The van der Waals surface area contributed by atoms with Gasteiger partial charge in [0.05, 0.1) is 14.6 Å². The molecule has 1 amide bonds. The fourth-order valence-corrected chi connectivity index (χ4v) is 4.29. The molecule has 0 saturated heterocycles. The molecule has 3 rings (SSSR count). The molecule has 7 nitrogen and oxygen atoms in total. The van der Waals surface area contributed by atoms with Gasteiger partial charge in [0, 0.05) is 17.6 Å². The van der Waals surface area contributed by atoms with Crippen molar-refractivity contribution in [2.75, 3.05) is 32.1 Å². The minimum atomic E-state index is -0.587. The second kappa shape index (κ2) is 10.4. The zero-order valence-corrected chi connectivity index (χ0v) is 19.3. The summed E-state index contributed by atoms with van der Waals surface area (Å²) in [6.07, 6.45) is 0.663. The van der Waals surface area contributed by atoms with Crippen LogP contribution in [0, 0.1) is 10.1 Å². The van der Waals surface area contributed by atoms with Gasteiger partial charge in [-0.2, -0.15) is 0 Å². The van der Waals surface area contributed by atoms with Crippen LogP contribution in [0.4, 0.5) is 10.8 Å². The quantitative estimate of drug-likeness (QED) is 0.322. The molecule has 1 aromatic heterocycles. The number of amides is 1. The minimum absolute atomic E-state index is 0. The smallest absolute Gasteiger partial charge is 0.282 e. The van der Waals surface area contributed by atoms with Gasteiger partial charge in [-0.05, 0) is 51.3 Å². The van der Waals surface area contributed by atoms with Crippen LogP contribution >= 0.6 is 46.9 Å². The second-order valence-electron chi connectivity index (χ2n) is 6.62. The molecule has 0 N–H and O–H groups in total. The summed E-state index contributed by atoms with van der Waals surface area (Å²) in [6, 6.07) is 9.36. The number of nitro benzene ring substituents is 1. The Hall–Kier alpha value is -1.97. The highest BCUT2D eigenvalue weighted by Crippen LogP contribution is 2.34. The lowest BCUT2D eigenvalue weighted by molar-refractivity contribution is -0.385. The van der Waals surface area contributed by atoms with E-state index in [0.29, 0.717) is 28.6 Å². The van der Waals surface area contributed by atoms with Crippen molar-refractivity contribution in [1.82, 2.24) is 9.88 Å². The first kappa shape index (κ1) is 24.3. The van der Waals surface area contributed by atoms with E-state index in [2.05, 4.69) is 4.98 Å². The molecule has 160 valence electrons. The second-order valence-corrected chi connectivity index (χ2v) is 8.47. The highest BCUT2D eigenvalue weighted by Gasteiger charge is 2.28. The Balaban J connectivity index is 0.00000320. The maximum absolute atomic E-state index is 13.3. The number of carbonyl (C=O) groups excluding carboxylic acids is 1. The summed E-state index contributed by atoms with van der Waals surface area (Å²) in [6.45, 7) is 1.09. The number of nitro groups is 1. The molecule has 0 saturated carbocycles. The van der Waals surface area contributed by atoms with Crippen molar-refractivity contribution in [3.63, 3.8) is 0 Å². The number of carbonyl (C=O) groups is 1. The lowest BCUT2D eigenvalue weighted by Gasteiger charge is -2.21. The summed E-state index contributed by atoms with van der Waals surface area (Å²) in [4.78, 5) is 32.2. The topological polar surface area (TPSA) is 79.6 Å². The number of rotatable bonds is 7. The molecular formula is C19H19Cl3N4O3S. The molecule has 0 aliphatic heterocycles. The van der Waals surface area contributed by atoms with Gasteiger partial charge in [-0.15, -0.1) is 12.4 Å². The molecule has 11 heteroatoms. The van der Waals surface area contributed by atoms with E-state index in [0.717, 1.165) is 11.2 Å². The number of anilines is 1. The van der Waals surface area contributed by atoms with Gasteiger partial charge in [-0.3, -0.25) is 19.8 Å². The fourth-order valence-electron chi connectivity index (χ4n) is 2.83. The van der Waals surface area contributed by atoms with Crippen LogP contribution in [0.3, 0.4) is 0 Å². The maximum atomic E-state index is 13.3. The van der Waals surface area contributed by atoms with E-state index in [4.69, 9.17) is 23.2 Å². The van der Waals surface area contributed by atoms with Crippen LogP contribution in [0.25, 0.3) is 10.2 Å². The Kier molecular flexibility index (Phi) is 8.40. The Bertz CT molecular complexity index is 1070. The van der Waals surface area contributed by atoms with Crippen LogP contribution < -0.4 is 4.90 Å². The number of hydrogen-bond acceptors (Lipinski definition) is 6. The van der Waals surface area contributed by atoms with Gasteiger partial charge in [-0.25, -0.2) is 4.98 Å². The SMILES string of the molecule is CN(C)CCCN(C(=O)c1cc(Cl)ccc1[N+](=O)[O-])c1nc2c(Cl)cccc2s1.Cl. The van der Waals surface area contributed by atoms with Crippen molar-refractivity contribution in [2.24, 2.45) is 0 Å². The minimum Gasteiger partial charge on any atom is -0.309 e. The van der Waals surface area contributed by atoms with Crippen LogP contribution in [-0.2, 0) is 0 Å². The number of aromatic nitrogens is 1. The molecule has 2 aromatic carbocycles. The molecule has 30 heavy (non-hydrogen) atoms. The first-order valence-electron chi connectivity index (χ1n) is 8.73. The third-order valence-electron chi connectivity index (χ3n) is 4.21. The Labute approximate surface area is 193 Å². The summed E-state index contributed by atoms with van der Waals surface area (Å²) in [5.74, 6) is -0.520. The standard InChI is InChI=1S/C19H18Cl2N4O3S.ClH/c1-23(2)9-4-10-24(19-22-17-14(21)5-3-6-16(17)29-19)18(26)13-11-12(20)7-8-15(13)25(27)28;/h3,5-8,11H,4,9-10H2,1-2H3;1H. The van der Waals surface area contributed by atoms with Crippen LogP contribution in [-0.4, -0.2) is 47.9 Å². The summed E-state index contributed by atoms with van der Waals surface area (Å²) >= 11 is 13.6. The number of benzene rings is 2. The molecule has 0 aliphatic rings. The van der Waals surface area contributed by atoms with Crippen molar-refractivity contribution in [3.8, 4) is 0 Å². The van der Waals surface area contributed by atoms with E-state index in [-0.39, 0.29) is 28.7 Å². The zero-order valence-electron chi connectivity index (χ0n) is 16.2. The van der Waals surface area contributed by atoms with E-state index < -0.39 is 10.8 Å². The lowest BCUT2D eigenvalue weighted by atomic mass is 10.1. The molecule has 0 aliphatic carbocycles. The maximum Gasteiger partial charge on any atom is 0.282 e. The summed E-state index contributed by atoms with van der Waals surface area (Å²) < 4.78 is 0.832. The van der Waals surface area contributed by atoms with E-state index in [9.17, 15) is 14.9 Å². The normalized spacial score (nSPS) is 10.8. The number of nitrogens with zero attached hydrogens (tertiary/aromatic N) is 4. The van der Waals surface area contributed by atoms with Gasteiger partial charge in [0.25, 0.3) is 11.6 Å². The Morgan fingerprint density at radius 3 is 2.57 bits per heavy atom. The summed E-state index contributed by atoms with van der Waals surface area (Å²) in [7, 11) is 3.87. The molecule has 0 atom stereocenters. The monoisotopic (exact) mass is 488 g/mol. The van der Waals surface area contributed by atoms with E-state index >= 15 is 0 Å². The van der Waals surface area contributed by atoms with Crippen LogP contribution in [0.2, 0.25) is 10.0 Å². The number of hydrogen-bond donors (Lipinski definition) is 0. The highest BCUT2D eigenvalue weighted by molar-refractivity contribution is 7.22. The van der Waals surface area contributed by atoms with Crippen molar-refractivity contribution < 1.29 is 9.72 Å². The molecule has 0 radical (unpaired) electrons. The molecule has 3 aromatic rings. The van der Waals surface area contributed by atoms with Crippen molar-refractivity contribution in [2.45, 2.75) is 6.42 Å². The van der Waals surface area contributed by atoms with Gasteiger partial charge < -0.3 is 4.90 Å². The Morgan fingerprint density at radius 2 is 1.93 bits per heavy atom. The number of para-hydroxylation sites is 1. The van der Waals surface area contributed by atoms with Gasteiger partial charge in [0.15, 0.2) is 5.13 Å². The zero-order chi connectivity index (χ0) is 21.1. The van der Waals surface area contributed by atoms with Crippen molar-refractivity contribution in [3.05, 3.63) is 62.1 Å². The van der Waals surface area contributed by atoms with Gasteiger partial charge >= 0.3 is 0 Å². The molecule has 0 spiro atoms. The molecular weight excluding hydrogens is 471 g/mol. The molecule has 0 unspecified atom stereocenters.